The van der Waals surface area contributed by atoms with E-state index in [9.17, 15) is 9.59 Å². The van der Waals surface area contributed by atoms with E-state index in [1.807, 2.05) is 34.6 Å². The summed E-state index contributed by atoms with van der Waals surface area (Å²) >= 11 is 0. The summed E-state index contributed by atoms with van der Waals surface area (Å²) < 4.78 is 15.7. The Morgan fingerprint density at radius 1 is 0.833 bits per heavy atom. The van der Waals surface area contributed by atoms with Crippen molar-refractivity contribution in [2.75, 3.05) is 20.5 Å². The van der Waals surface area contributed by atoms with Gasteiger partial charge >= 0.3 is 11.9 Å². The third-order valence-electron chi connectivity index (χ3n) is 5.55. The summed E-state index contributed by atoms with van der Waals surface area (Å²) in [7, 11) is 1.63. The maximum atomic E-state index is 12.6. The first-order valence-corrected chi connectivity index (χ1v) is 8.38. The summed E-state index contributed by atoms with van der Waals surface area (Å²) in [6.07, 6.45) is 2.06. The van der Waals surface area contributed by atoms with E-state index >= 15 is 0 Å². The van der Waals surface area contributed by atoms with Crippen molar-refractivity contribution >= 4 is 11.9 Å². The molecule has 5 nitrogen and oxygen atoms in total. The summed E-state index contributed by atoms with van der Waals surface area (Å²) in [4.78, 5) is 24.5. The van der Waals surface area contributed by atoms with Crippen LogP contribution in [0, 0.1) is 16.2 Å². The van der Waals surface area contributed by atoms with Crippen molar-refractivity contribution in [1.82, 2.24) is 0 Å². The zero-order valence-corrected chi connectivity index (χ0v) is 19.5. The maximum Gasteiger partial charge on any atom is 0.315 e. The first-order valence-electron chi connectivity index (χ1n) is 8.38. The largest absolute Gasteiger partial charge is 0.427 e. The van der Waals surface area contributed by atoms with Gasteiger partial charge < -0.3 is 14.2 Å². The quantitative estimate of drug-likeness (QED) is 0.397. The first kappa shape index (κ1) is 26.2. The van der Waals surface area contributed by atoms with Crippen LogP contribution in [0.1, 0.15) is 67.7 Å². The molecule has 0 saturated heterocycles. The summed E-state index contributed by atoms with van der Waals surface area (Å²) in [5, 5.41) is 0. The van der Waals surface area contributed by atoms with Gasteiger partial charge in [0.05, 0.1) is 17.4 Å². The van der Waals surface area contributed by atoms with Gasteiger partial charge in [-0.15, -0.1) is 0 Å². The third-order valence-corrected chi connectivity index (χ3v) is 5.55. The zero-order chi connectivity index (χ0) is 18.3. The summed E-state index contributed by atoms with van der Waals surface area (Å²) in [6, 6.07) is 0. The normalized spacial score (nSPS) is 16.3. The standard InChI is InChI=1S/C18H34O5.Y/c1-9-16(4,5)14(19)22-13-23-15(20)18(7,11-3)17(6,10-2)12-21-8;/h9-13H2,1-8H3;. The van der Waals surface area contributed by atoms with E-state index in [2.05, 4.69) is 0 Å². The van der Waals surface area contributed by atoms with E-state index in [4.69, 9.17) is 14.2 Å². The molecule has 0 aromatic rings. The SMILES string of the molecule is CCC(C)(C)C(=O)OCOC(=O)C(C)(CC)C(C)(CC)COC.[Y]. The minimum atomic E-state index is -0.704. The van der Waals surface area contributed by atoms with Gasteiger partial charge in [-0.1, -0.05) is 27.7 Å². The Hall–Kier alpha value is 0.00390. The Kier molecular flexibility index (Phi) is 11.9. The molecule has 24 heavy (non-hydrogen) atoms. The van der Waals surface area contributed by atoms with Gasteiger partial charge in [-0.3, -0.25) is 9.59 Å². The molecule has 0 aliphatic carbocycles. The molecule has 0 aromatic heterocycles. The van der Waals surface area contributed by atoms with Gasteiger partial charge in [0, 0.05) is 45.2 Å². The monoisotopic (exact) mass is 419 g/mol. The van der Waals surface area contributed by atoms with Crippen molar-refractivity contribution in [2.45, 2.75) is 67.7 Å². The smallest absolute Gasteiger partial charge is 0.315 e. The van der Waals surface area contributed by atoms with Gasteiger partial charge in [0.25, 0.3) is 0 Å². The summed E-state index contributed by atoms with van der Waals surface area (Å²) in [5.74, 6) is -0.718. The fourth-order valence-electron chi connectivity index (χ4n) is 2.42. The number of methoxy groups -OCH3 is 1. The number of rotatable bonds is 10. The average molecular weight is 419 g/mol. The second-order valence-electron chi connectivity index (χ2n) is 7.25. The molecule has 0 aliphatic heterocycles. The third kappa shape index (κ3) is 6.07. The summed E-state index contributed by atoms with van der Waals surface area (Å²) in [5.41, 5.74) is -1.63. The fraction of sp³-hybridized carbons (Fsp3) is 0.889. The van der Waals surface area contributed by atoms with Crippen molar-refractivity contribution in [3.05, 3.63) is 0 Å². The molecule has 6 heteroatoms. The second kappa shape index (κ2) is 10.9. The van der Waals surface area contributed by atoms with Crippen LogP contribution in [0.25, 0.3) is 0 Å². The Morgan fingerprint density at radius 2 is 1.33 bits per heavy atom. The number of esters is 2. The zero-order valence-electron chi connectivity index (χ0n) is 16.7. The van der Waals surface area contributed by atoms with E-state index < -0.39 is 10.8 Å². The molecule has 0 amide bonds. The van der Waals surface area contributed by atoms with Crippen molar-refractivity contribution in [1.29, 1.82) is 0 Å². The van der Waals surface area contributed by atoms with Gasteiger partial charge in [-0.05, 0) is 40.0 Å². The fourth-order valence-corrected chi connectivity index (χ4v) is 2.42. The van der Waals surface area contributed by atoms with Crippen LogP contribution in [0.3, 0.4) is 0 Å². The predicted molar refractivity (Wildman–Crippen MR) is 89.8 cm³/mol. The van der Waals surface area contributed by atoms with Crippen LogP contribution < -0.4 is 0 Å². The number of hydrogen-bond donors (Lipinski definition) is 0. The summed E-state index contributed by atoms with van der Waals surface area (Å²) in [6.45, 7) is 13.5. The van der Waals surface area contributed by atoms with Gasteiger partial charge in [0.1, 0.15) is 0 Å². The van der Waals surface area contributed by atoms with Crippen LogP contribution in [0.5, 0.6) is 0 Å². The first-order chi connectivity index (χ1) is 10.5. The molecule has 0 bridgehead atoms. The molecule has 0 saturated carbocycles. The van der Waals surface area contributed by atoms with Gasteiger partial charge in [0.2, 0.25) is 6.79 Å². The molecule has 2 atom stereocenters. The molecule has 2 unspecified atom stereocenters. The van der Waals surface area contributed by atoms with Crippen molar-refractivity contribution < 1.29 is 56.5 Å². The molecular formula is C18H34O5Y. The Balaban J connectivity index is 0. The maximum absolute atomic E-state index is 12.6. The Bertz CT molecular complexity index is 410. The Morgan fingerprint density at radius 3 is 1.71 bits per heavy atom. The number of ether oxygens (including phenoxy) is 3. The molecular weight excluding hydrogens is 385 g/mol. The van der Waals surface area contributed by atoms with E-state index in [0.717, 1.165) is 6.42 Å². The predicted octanol–water partition coefficient (Wildman–Crippen LogP) is 3.94. The van der Waals surface area contributed by atoms with Crippen LogP contribution in [-0.4, -0.2) is 32.4 Å². The van der Waals surface area contributed by atoms with Crippen LogP contribution in [-0.2, 0) is 56.5 Å². The minimum absolute atomic E-state index is 0. The van der Waals surface area contributed by atoms with Crippen LogP contribution in [0.15, 0.2) is 0 Å². The molecule has 0 spiro atoms. The van der Waals surface area contributed by atoms with Crippen molar-refractivity contribution in [2.24, 2.45) is 16.2 Å². The van der Waals surface area contributed by atoms with Gasteiger partial charge in [-0.2, -0.15) is 0 Å². The number of carbonyl (C=O) groups excluding carboxylic acids is 2. The minimum Gasteiger partial charge on any atom is -0.427 e. The second-order valence-corrected chi connectivity index (χ2v) is 7.25. The van der Waals surface area contributed by atoms with Gasteiger partial charge in [-0.25, -0.2) is 0 Å². The van der Waals surface area contributed by atoms with E-state index in [-0.39, 0.29) is 56.9 Å². The molecule has 139 valence electrons. The number of carbonyl (C=O) groups is 2. The van der Waals surface area contributed by atoms with E-state index in [1.54, 1.807) is 21.0 Å². The molecule has 1 radical (unpaired) electrons. The van der Waals surface area contributed by atoms with Crippen molar-refractivity contribution in [3.63, 3.8) is 0 Å². The molecule has 0 aliphatic rings. The molecule has 0 aromatic carbocycles. The molecule has 0 rings (SSSR count). The average Bonchev–Trinajstić information content (AvgIpc) is 2.53. The van der Waals surface area contributed by atoms with Crippen LogP contribution in [0.2, 0.25) is 0 Å². The van der Waals surface area contributed by atoms with E-state index in [0.29, 0.717) is 19.4 Å². The topological polar surface area (TPSA) is 61.8 Å². The van der Waals surface area contributed by atoms with Crippen molar-refractivity contribution in [3.8, 4) is 0 Å². The van der Waals surface area contributed by atoms with Crippen LogP contribution in [0.4, 0.5) is 0 Å². The number of hydrogen-bond acceptors (Lipinski definition) is 5. The molecule has 0 N–H and O–H groups in total. The van der Waals surface area contributed by atoms with Gasteiger partial charge in [0.15, 0.2) is 0 Å². The molecule has 0 fully saturated rings. The molecule has 0 heterocycles. The Labute approximate surface area is 172 Å². The van der Waals surface area contributed by atoms with Crippen LogP contribution >= 0.6 is 0 Å². The van der Waals surface area contributed by atoms with E-state index in [1.165, 1.54) is 0 Å².